The van der Waals surface area contributed by atoms with Crippen LogP contribution in [0.25, 0.3) is 10.8 Å². The quantitative estimate of drug-likeness (QED) is 0.829. The van der Waals surface area contributed by atoms with Crippen molar-refractivity contribution in [3.63, 3.8) is 0 Å². The smallest absolute Gasteiger partial charge is 0.311 e. The molecule has 2 rings (SSSR count). The Labute approximate surface area is 106 Å². The van der Waals surface area contributed by atoms with Crippen LogP contribution in [0.5, 0.6) is 0 Å². The number of rotatable bonds is 4. The average molecular weight is 238 g/mol. The number of carbonyl (C=O) groups is 1. The predicted molar refractivity (Wildman–Crippen MR) is 72.4 cm³/mol. The number of aliphatic carboxylic acids is 1. The molecule has 0 fully saturated rings. The first kappa shape index (κ1) is 12.2. The summed E-state index contributed by atoms with van der Waals surface area (Å²) in [4.78, 5) is 11.4. The van der Waals surface area contributed by atoms with Crippen LogP contribution in [-0.2, 0) is 4.79 Å². The molecule has 0 aliphatic heterocycles. The van der Waals surface area contributed by atoms with Gasteiger partial charge in [0, 0.05) is 6.42 Å². The van der Waals surface area contributed by atoms with Crippen LogP contribution in [-0.4, -0.2) is 11.1 Å². The Morgan fingerprint density at radius 2 is 1.94 bits per heavy atom. The molecule has 0 heterocycles. The van der Waals surface area contributed by atoms with E-state index < -0.39 is 11.9 Å². The molecule has 1 atom stereocenters. The van der Waals surface area contributed by atoms with Crippen LogP contribution in [0.1, 0.15) is 24.3 Å². The summed E-state index contributed by atoms with van der Waals surface area (Å²) in [5, 5.41) is 11.4. The fourth-order valence-electron chi connectivity index (χ4n) is 2.19. The Morgan fingerprint density at radius 1 is 1.22 bits per heavy atom. The number of fused-ring (bicyclic) bond motifs is 1. The van der Waals surface area contributed by atoms with E-state index in [-0.39, 0.29) is 0 Å². The van der Waals surface area contributed by atoms with Crippen LogP contribution < -0.4 is 0 Å². The number of carboxylic acid groups (broad SMARTS) is 1. The highest BCUT2D eigenvalue weighted by atomic mass is 16.4. The molecular formula is C16H14O2. The third-order valence-corrected chi connectivity index (χ3v) is 3.07. The topological polar surface area (TPSA) is 37.3 Å². The summed E-state index contributed by atoms with van der Waals surface area (Å²) in [5.74, 6) is 1.15. The lowest BCUT2D eigenvalue weighted by Gasteiger charge is -2.14. The number of benzene rings is 2. The van der Waals surface area contributed by atoms with Crippen molar-refractivity contribution >= 4 is 16.7 Å². The molecule has 18 heavy (non-hydrogen) atoms. The number of hydrogen-bond acceptors (Lipinski definition) is 1. The van der Waals surface area contributed by atoms with Crippen molar-refractivity contribution < 1.29 is 9.90 Å². The molecule has 0 saturated heterocycles. The first-order valence-electron chi connectivity index (χ1n) is 5.88. The van der Waals surface area contributed by atoms with Crippen molar-refractivity contribution in [1.82, 2.24) is 0 Å². The average Bonchev–Trinajstić information content (AvgIpc) is 2.39. The minimum Gasteiger partial charge on any atom is -0.481 e. The molecule has 2 aromatic carbocycles. The molecular weight excluding hydrogens is 224 g/mol. The van der Waals surface area contributed by atoms with Gasteiger partial charge in [-0.1, -0.05) is 42.5 Å². The van der Waals surface area contributed by atoms with Crippen molar-refractivity contribution in [2.45, 2.75) is 18.8 Å². The Hall–Kier alpha value is -2.27. The van der Waals surface area contributed by atoms with Crippen molar-refractivity contribution in [2.75, 3.05) is 0 Å². The summed E-state index contributed by atoms with van der Waals surface area (Å²) in [7, 11) is 0. The van der Waals surface area contributed by atoms with E-state index in [1.54, 1.807) is 0 Å². The standard InChI is InChI=1S/C16H14O2/c1-2-3-9-15(16(17)18)14-11-6-8-12-7-4-5-10-13(12)14/h1,4-8,10-11,15H,3,9H2,(H,17,18)/t15-/m1/s1. The van der Waals surface area contributed by atoms with Crippen LogP contribution in [0.3, 0.4) is 0 Å². The van der Waals surface area contributed by atoms with Gasteiger partial charge in [0.2, 0.25) is 0 Å². The molecule has 2 nitrogen and oxygen atoms in total. The molecule has 0 unspecified atom stereocenters. The highest BCUT2D eigenvalue weighted by molar-refractivity contribution is 5.90. The van der Waals surface area contributed by atoms with Gasteiger partial charge in [0.1, 0.15) is 0 Å². The SMILES string of the molecule is C#CCC[C@@H](C(=O)O)c1cccc2ccccc12. The second-order valence-corrected chi connectivity index (χ2v) is 4.20. The Kier molecular flexibility index (Phi) is 3.64. The molecule has 0 aromatic heterocycles. The van der Waals surface area contributed by atoms with Crippen LogP contribution >= 0.6 is 0 Å². The van der Waals surface area contributed by atoms with Crippen molar-refractivity contribution in [1.29, 1.82) is 0 Å². The van der Waals surface area contributed by atoms with E-state index in [1.165, 1.54) is 0 Å². The highest BCUT2D eigenvalue weighted by Crippen LogP contribution is 2.28. The Bertz CT molecular complexity index is 603. The van der Waals surface area contributed by atoms with Gasteiger partial charge in [0.25, 0.3) is 0 Å². The summed E-state index contributed by atoms with van der Waals surface area (Å²) in [6, 6.07) is 13.6. The fraction of sp³-hybridized carbons (Fsp3) is 0.188. The van der Waals surface area contributed by atoms with Crippen LogP contribution in [0, 0.1) is 12.3 Å². The first-order chi connectivity index (χ1) is 8.74. The monoisotopic (exact) mass is 238 g/mol. The molecule has 0 aliphatic rings. The molecule has 0 radical (unpaired) electrons. The van der Waals surface area contributed by atoms with E-state index in [0.717, 1.165) is 16.3 Å². The molecule has 2 heteroatoms. The summed E-state index contributed by atoms with van der Waals surface area (Å²) in [6.07, 6.45) is 6.17. The van der Waals surface area contributed by atoms with Crippen molar-refractivity contribution in [3.8, 4) is 12.3 Å². The molecule has 2 aromatic rings. The van der Waals surface area contributed by atoms with Crippen molar-refractivity contribution in [2.24, 2.45) is 0 Å². The van der Waals surface area contributed by atoms with Gasteiger partial charge in [0.05, 0.1) is 5.92 Å². The molecule has 0 bridgehead atoms. The number of carboxylic acids is 1. The zero-order chi connectivity index (χ0) is 13.0. The third-order valence-electron chi connectivity index (χ3n) is 3.07. The van der Waals surface area contributed by atoms with Crippen LogP contribution in [0.15, 0.2) is 42.5 Å². The lowest BCUT2D eigenvalue weighted by atomic mass is 9.90. The van der Waals surface area contributed by atoms with Gasteiger partial charge in [-0.25, -0.2) is 0 Å². The lowest BCUT2D eigenvalue weighted by molar-refractivity contribution is -0.138. The largest absolute Gasteiger partial charge is 0.481 e. The van der Waals surface area contributed by atoms with Gasteiger partial charge in [0.15, 0.2) is 0 Å². The zero-order valence-corrected chi connectivity index (χ0v) is 9.97. The maximum Gasteiger partial charge on any atom is 0.311 e. The third kappa shape index (κ3) is 2.36. The molecule has 0 aliphatic carbocycles. The molecule has 0 saturated carbocycles. The Morgan fingerprint density at radius 3 is 2.67 bits per heavy atom. The van der Waals surface area contributed by atoms with Gasteiger partial charge >= 0.3 is 5.97 Å². The second kappa shape index (κ2) is 5.37. The molecule has 0 amide bonds. The van der Waals surface area contributed by atoms with E-state index in [0.29, 0.717) is 12.8 Å². The lowest BCUT2D eigenvalue weighted by Crippen LogP contribution is -2.11. The minimum absolute atomic E-state index is 0.472. The fourth-order valence-corrected chi connectivity index (χ4v) is 2.19. The van der Waals surface area contributed by atoms with E-state index >= 15 is 0 Å². The minimum atomic E-state index is -0.818. The van der Waals surface area contributed by atoms with E-state index in [1.807, 2.05) is 42.5 Å². The maximum atomic E-state index is 11.4. The molecule has 1 N–H and O–H groups in total. The van der Waals surface area contributed by atoms with Gasteiger partial charge in [-0.3, -0.25) is 4.79 Å². The number of hydrogen-bond donors (Lipinski definition) is 1. The van der Waals surface area contributed by atoms with Gasteiger partial charge < -0.3 is 5.11 Å². The van der Waals surface area contributed by atoms with E-state index in [2.05, 4.69) is 5.92 Å². The first-order valence-corrected chi connectivity index (χ1v) is 5.88. The summed E-state index contributed by atoms with van der Waals surface area (Å²) < 4.78 is 0. The van der Waals surface area contributed by atoms with E-state index in [9.17, 15) is 9.90 Å². The van der Waals surface area contributed by atoms with Crippen LogP contribution in [0.4, 0.5) is 0 Å². The summed E-state index contributed by atoms with van der Waals surface area (Å²) in [6.45, 7) is 0. The number of terminal acetylenes is 1. The van der Waals surface area contributed by atoms with Crippen molar-refractivity contribution in [3.05, 3.63) is 48.0 Å². The predicted octanol–water partition coefficient (Wildman–Crippen LogP) is 3.42. The van der Waals surface area contributed by atoms with E-state index in [4.69, 9.17) is 6.42 Å². The second-order valence-electron chi connectivity index (χ2n) is 4.20. The summed E-state index contributed by atoms with van der Waals surface area (Å²) in [5.41, 5.74) is 0.843. The zero-order valence-electron chi connectivity index (χ0n) is 9.97. The van der Waals surface area contributed by atoms with Gasteiger partial charge in [-0.15, -0.1) is 12.3 Å². The van der Waals surface area contributed by atoms with Gasteiger partial charge in [-0.2, -0.15) is 0 Å². The molecule has 90 valence electrons. The van der Waals surface area contributed by atoms with Crippen LogP contribution in [0.2, 0.25) is 0 Å². The Balaban J connectivity index is 2.50. The molecule has 0 spiro atoms. The summed E-state index contributed by atoms with van der Waals surface area (Å²) >= 11 is 0. The van der Waals surface area contributed by atoms with Gasteiger partial charge in [-0.05, 0) is 22.8 Å². The normalized spacial score (nSPS) is 11.9. The highest BCUT2D eigenvalue weighted by Gasteiger charge is 2.20. The maximum absolute atomic E-state index is 11.4.